The van der Waals surface area contributed by atoms with Gasteiger partial charge in [0.15, 0.2) is 0 Å². The van der Waals surface area contributed by atoms with E-state index >= 15 is 0 Å². The van der Waals surface area contributed by atoms with Crippen LogP contribution in [0.4, 0.5) is 4.79 Å². The quantitative estimate of drug-likeness (QED) is 0.416. The standard InChI is InChI=1S/C9H20N4O2/c1-7(6-10)2-3-8(14)12-4-5-13-9(11)15/h7H,2-6,10H2,1H3,(H,12,14)(H3,11,13,15). The van der Waals surface area contributed by atoms with Crippen molar-refractivity contribution in [3.63, 3.8) is 0 Å². The lowest BCUT2D eigenvalue weighted by Gasteiger charge is -2.08. The molecular formula is C9H20N4O2. The summed E-state index contributed by atoms with van der Waals surface area (Å²) in [5.41, 5.74) is 10.3. The molecule has 0 heterocycles. The lowest BCUT2D eigenvalue weighted by molar-refractivity contribution is -0.121. The Kier molecular flexibility index (Phi) is 7.35. The fraction of sp³-hybridized carbons (Fsp3) is 0.778. The minimum absolute atomic E-state index is 0.0263. The van der Waals surface area contributed by atoms with E-state index in [2.05, 4.69) is 10.6 Å². The summed E-state index contributed by atoms with van der Waals surface area (Å²) in [6, 6.07) is -0.582. The van der Waals surface area contributed by atoms with Gasteiger partial charge in [0, 0.05) is 19.5 Å². The lowest BCUT2D eigenvalue weighted by atomic mass is 10.1. The second-order valence-electron chi connectivity index (χ2n) is 3.52. The molecule has 6 N–H and O–H groups in total. The first kappa shape index (κ1) is 13.7. The number of rotatable bonds is 7. The molecule has 3 amide bonds. The normalized spacial score (nSPS) is 11.9. The van der Waals surface area contributed by atoms with Gasteiger partial charge in [-0.15, -0.1) is 0 Å². The van der Waals surface area contributed by atoms with Crippen LogP contribution in [-0.2, 0) is 4.79 Å². The summed E-state index contributed by atoms with van der Waals surface area (Å²) in [6.45, 7) is 3.35. The molecule has 0 aliphatic carbocycles. The monoisotopic (exact) mass is 216 g/mol. The van der Waals surface area contributed by atoms with Crippen molar-refractivity contribution in [2.24, 2.45) is 17.4 Å². The molecule has 1 atom stereocenters. The number of carbonyl (C=O) groups excluding carboxylic acids is 2. The summed E-state index contributed by atoms with van der Waals surface area (Å²) in [5, 5.41) is 5.05. The van der Waals surface area contributed by atoms with E-state index in [4.69, 9.17) is 11.5 Å². The third kappa shape index (κ3) is 9.01. The first-order valence-corrected chi connectivity index (χ1v) is 5.06. The third-order valence-corrected chi connectivity index (χ3v) is 2.01. The van der Waals surface area contributed by atoms with E-state index in [9.17, 15) is 9.59 Å². The number of amides is 3. The predicted octanol–water partition coefficient (Wildman–Crippen LogP) is -0.854. The molecule has 0 rings (SSSR count). The van der Waals surface area contributed by atoms with Gasteiger partial charge in [-0.2, -0.15) is 0 Å². The number of hydrogen-bond donors (Lipinski definition) is 4. The van der Waals surface area contributed by atoms with Crippen LogP contribution in [0.2, 0.25) is 0 Å². The van der Waals surface area contributed by atoms with Crippen LogP contribution < -0.4 is 22.1 Å². The molecule has 0 aliphatic heterocycles. The van der Waals surface area contributed by atoms with Crippen molar-refractivity contribution in [2.75, 3.05) is 19.6 Å². The summed E-state index contributed by atoms with van der Waals surface area (Å²) in [4.78, 5) is 21.5. The fourth-order valence-corrected chi connectivity index (χ4v) is 0.971. The topological polar surface area (TPSA) is 110 Å². The van der Waals surface area contributed by atoms with Crippen molar-refractivity contribution in [3.8, 4) is 0 Å². The van der Waals surface area contributed by atoms with E-state index < -0.39 is 6.03 Å². The highest BCUT2D eigenvalue weighted by Gasteiger charge is 2.04. The predicted molar refractivity (Wildman–Crippen MR) is 58.0 cm³/mol. The Balaban J connectivity index is 3.37. The first-order valence-electron chi connectivity index (χ1n) is 5.06. The van der Waals surface area contributed by atoms with Crippen molar-refractivity contribution in [1.29, 1.82) is 0 Å². The van der Waals surface area contributed by atoms with Crippen molar-refractivity contribution < 1.29 is 9.59 Å². The maximum Gasteiger partial charge on any atom is 0.312 e. The molecule has 0 aliphatic rings. The zero-order chi connectivity index (χ0) is 11.7. The fourth-order valence-electron chi connectivity index (χ4n) is 0.971. The van der Waals surface area contributed by atoms with E-state index in [1.54, 1.807) is 0 Å². The molecule has 0 bridgehead atoms. The largest absolute Gasteiger partial charge is 0.354 e. The van der Waals surface area contributed by atoms with Crippen molar-refractivity contribution in [3.05, 3.63) is 0 Å². The summed E-state index contributed by atoms with van der Waals surface area (Å²) in [5.74, 6) is 0.334. The second kappa shape index (κ2) is 8.05. The minimum Gasteiger partial charge on any atom is -0.354 e. The Morgan fingerprint density at radius 3 is 2.40 bits per heavy atom. The zero-order valence-corrected chi connectivity index (χ0v) is 9.08. The number of urea groups is 1. The first-order chi connectivity index (χ1) is 7.06. The van der Waals surface area contributed by atoms with Crippen LogP contribution in [0.15, 0.2) is 0 Å². The van der Waals surface area contributed by atoms with Crippen LogP contribution in [0.5, 0.6) is 0 Å². The van der Waals surface area contributed by atoms with Crippen molar-refractivity contribution in [2.45, 2.75) is 19.8 Å². The number of hydrogen-bond acceptors (Lipinski definition) is 3. The molecular weight excluding hydrogens is 196 g/mol. The zero-order valence-electron chi connectivity index (χ0n) is 9.08. The van der Waals surface area contributed by atoms with Gasteiger partial charge in [0.2, 0.25) is 5.91 Å². The molecule has 0 aromatic heterocycles. The van der Waals surface area contributed by atoms with Gasteiger partial charge in [0.25, 0.3) is 0 Å². The highest BCUT2D eigenvalue weighted by atomic mass is 16.2. The molecule has 0 saturated carbocycles. The van der Waals surface area contributed by atoms with Gasteiger partial charge in [-0.25, -0.2) is 4.79 Å². The molecule has 0 saturated heterocycles. The van der Waals surface area contributed by atoms with Crippen LogP contribution in [0.3, 0.4) is 0 Å². The summed E-state index contributed by atoms with van der Waals surface area (Å²) < 4.78 is 0. The van der Waals surface area contributed by atoms with E-state index in [0.717, 1.165) is 6.42 Å². The molecule has 0 radical (unpaired) electrons. The van der Waals surface area contributed by atoms with E-state index in [1.807, 2.05) is 6.92 Å². The van der Waals surface area contributed by atoms with E-state index in [-0.39, 0.29) is 5.91 Å². The summed E-state index contributed by atoms with van der Waals surface area (Å²) in [7, 11) is 0. The molecule has 88 valence electrons. The van der Waals surface area contributed by atoms with Gasteiger partial charge in [-0.3, -0.25) is 4.79 Å². The van der Waals surface area contributed by atoms with Crippen LogP contribution in [0.1, 0.15) is 19.8 Å². The molecule has 15 heavy (non-hydrogen) atoms. The highest BCUT2D eigenvalue weighted by Crippen LogP contribution is 2.02. The molecule has 1 unspecified atom stereocenters. The third-order valence-electron chi connectivity index (χ3n) is 2.01. The Morgan fingerprint density at radius 1 is 1.27 bits per heavy atom. The molecule has 0 fully saturated rings. The van der Waals surface area contributed by atoms with Crippen LogP contribution >= 0.6 is 0 Å². The number of primary amides is 1. The van der Waals surface area contributed by atoms with Gasteiger partial charge in [0.1, 0.15) is 0 Å². The maximum absolute atomic E-state index is 11.2. The second-order valence-corrected chi connectivity index (χ2v) is 3.52. The molecule has 0 aromatic rings. The van der Waals surface area contributed by atoms with Gasteiger partial charge in [0.05, 0.1) is 0 Å². The molecule has 6 nitrogen and oxygen atoms in total. The van der Waals surface area contributed by atoms with Gasteiger partial charge < -0.3 is 22.1 Å². The number of nitrogens with one attached hydrogen (secondary N) is 2. The summed E-state index contributed by atoms with van der Waals surface area (Å²) in [6.07, 6.45) is 1.25. The smallest absolute Gasteiger partial charge is 0.312 e. The Hall–Kier alpha value is -1.30. The highest BCUT2D eigenvalue weighted by molar-refractivity contribution is 5.76. The Bertz CT molecular complexity index is 208. The van der Waals surface area contributed by atoms with E-state index in [1.165, 1.54) is 0 Å². The van der Waals surface area contributed by atoms with E-state index in [0.29, 0.717) is 32.0 Å². The lowest BCUT2D eigenvalue weighted by Crippen LogP contribution is -2.37. The average Bonchev–Trinajstić information content (AvgIpc) is 2.20. The van der Waals surface area contributed by atoms with Gasteiger partial charge >= 0.3 is 6.03 Å². The van der Waals surface area contributed by atoms with Crippen LogP contribution in [-0.4, -0.2) is 31.6 Å². The van der Waals surface area contributed by atoms with Crippen molar-refractivity contribution in [1.82, 2.24) is 10.6 Å². The van der Waals surface area contributed by atoms with Crippen LogP contribution in [0, 0.1) is 5.92 Å². The molecule has 0 spiro atoms. The van der Waals surface area contributed by atoms with Crippen molar-refractivity contribution >= 4 is 11.9 Å². The maximum atomic E-state index is 11.2. The Labute approximate surface area is 89.8 Å². The van der Waals surface area contributed by atoms with Gasteiger partial charge in [-0.05, 0) is 18.9 Å². The Morgan fingerprint density at radius 2 is 1.87 bits per heavy atom. The average molecular weight is 216 g/mol. The number of nitrogens with two attached hydrogens (primary N) is 2. The van der Waals surface area contributed by atoms with Gasteiger partial charge in [-0.1, -0.05) is 6.92 Å². The molecule has 6 heteroatoms. The molecule has 0 aromatic carbocycles. The summed E-state index contributed by atoms with van der Waals surface area (Å²) >= 11 is 0. The number of carbonyl (C=O) groups is 2. The minimum atomic E-state index is -0.582. The van der Waals surface area contributed by atoms with Crippen LogP contribution in [0.25, 0.3) is 0 Å². The SMILES string of the molecule is CC(CN)CCC(=O)NCCNC(N)=O.